The van der Waals surface area contributed by atoms with Crippen molar-refractivity contribution in [2.24, 2.45) is 0 Å². The molecule has 2 aliphatic heterocycles. The quantitative estimate of drug-likeness (QED) is 0.510. The average molecular weight is 487 g/mol. The number of carbonyl (C=O) groups excluding carboxylic acids is 1. The van der Waals surface area contributed by atoms with Crippen LogP contribution in [0.1, 0.15) is 27.2 Å². The van der Waals surface area contributed by atoms with Crippen LogP contribution in [0.25, 0.3) is 10.4 Å². The molecule has 2 aromatic heterocycles. The number of halogens is 3. The minimum absolute atomic E-state index is 0.0900. The van der Waals surface area contributed by atoms with Crippen LogP contribution in [0.4, 0.5) is 24.7 Å². The Morgan fingerprint density at radius 1 is 1.09 bits per heavy atom. The molecule has 1 fully saturated rings. The van der Waals surface area contributed by atoms with Gasteiger partial charge in [-0.2, -0.15) is 13.2 Å². The largest absolute Gasteiger partial charge is 0.416 e. The van der Waals surface area contributed by atoms with Gasteiger partial charge < -0.3 is 14.7 Å². The molecule has 1 amide bonds. The van der Waals surface area contributed by atoms with Crippen molar-refractivity contribution >= 4 is 28.7 Å². The van der Waals surface area contributed by atoms with Crippen molar-refractivity contribution in [3.63, 3.8) is 0 Å². The Morgan fingerprint density at radius 2 is 1.85 bits per heavy atom. The second kappa shape index (κ2) is 8.70. The number of thiophene rings is 1. The molecular weight excluding hydrogens is 461 g/mol. The van der Waals surface area contributed by atoms with E-state index >= 15 is 0 Å². The molecular formula is C25H25F3N4OS. The van der Waals surface area contributed by atoms with Gasteiger partial charge in [-0.1, -0.05) is 12.1 Å². The lowest BCUT2D eigenvalue weighted by Gasteiger charge is -2.27. The zero-order chi connectivity index (χ0) is 24.0. The number of rotatable bonds is 4. The second-order valence-corrected chi connectivity index (χ2v) is 10.0. The number of aromatic nitrogens is 1. The van der Waals surface area contributed by atoms with Gasteiger partial charge in [0.1, 0.15) is 5.82 Å². The average Bonchev–Trinajstić information content (AvgIpc) is 3.47. The molecule has 0 spiro atoms. The SMILES string of the molecule is CN(C)[C@H]1CCN(c2ccc(N3CCc4cc(-c5ccc(C(F)(F)F)cc5)sc4C3=O)cn2)C1. The number of nitrogens with zero attached hydrogens (tertiary/aromatic N) is 4. The summed E-state index contributed by atoms with van der Waals surface area (Å²) < 4.78 is 38.6. The van der Waals surface area contributed by atoms with Gasteiger partial charge >= 0.3 is 6.18 Å². The van der Waals surface area contributed by atoms with Crippen LogP contribution in [0.15, 0.2) is 48.7 Å². The third kappa shape index (κ3) is 4.30. The predicted molar refractivity (Wildman–Crippen MR) is 129 cm³/mol. The molecule has 1 saturated heterocycles. The van der Waals surface area contributed by atoms with Crippen molar-refractivity contribution in [3.05, 3.63) is 64.7 Å². The molecule has 2 aliphatic rings. The van der Waals surface area contributed by atoms with E-state index in [1.54, 1.807) is 11.1 Å². The molecule has 3 aromatic rings. The zero-order valence-corrected chi connectivity index (χ0v) is 19.8. The second-order valence-electron chi connectivity index (χ2n) is 8.97. The molecule has 0 saturated carbocycles. The summed E-state index contributed by atoms with van der Waals surface area (Å²) in [5.74, 6) is 0.826. The molecule has 5 nitrogen and oxygen atoms in total. The van der Waals surface area contributed by atoms with E-state index in [-0.39, 0.29) is 5.91 Å². The summed E-state index contributed by atoms with van der Waals surface area (Å²) in [5, 5.41) is 0. The minimum Gasteiger partial charge on any atom is -0.355 e. The monoisotopic (exact) mass is 486 g/mol. The fraction of sp³-hybridized carbons (Fsp3) is 0.360. The van der Waals surface area contributed by atoms with Crippen LogP contribution in [0.2, 0.25) is 0 Å². The number of hydrogen-bond donors (Lipinski definition) is 0. The highest BCUT2D eigenvalue weighted by Gasteiger charge is 2.31. The van der Waals surface area contributed by atoms with Gasteiger partial charge in [-0.05, 0) is 68.4 Å². The maximum absolute atomic E-state index is 13.3. The highest BCUT2D eigenvalue weighted by atomic mass is 32.1. The number of amides is 1. The van der Waals surface area contributed by atoms with E-state index in [0.717, 1.165) is 53.6 Å². The van der Waals surface area contributed by atoms with Gasteiger partial charge in [0.2, 0.25) is 0 Å². The Balaban J connectivity index is 1.32. The zero-order valence-electron chi connectivity index (χ0n) is 19.0. The summed E-state index contributed by atoms with van der Waals surface area (Å²) in [6, 6.07) is 11.4. The Kier molecular flexibility index (Phi) is 5.85. The Bertz CT molecular complexity index is 1190. The first kappa shape index (κ1) is 22.9. The van der Waals surface area contributed by atoms with Gasteiger partial charge in [-0.15, -0.1) is 11.3 Å². The maximum atomic E-state index is 13.3. The third-order valence-corrected chi connectivity index (χ3v) is 7.83. The molecule has 5 rings (SSSR count). The summed E-state index contributed by atoms with van der Waals surface area (Å²) >= 11 is 1.33. The van der Waals surface area contributed by atoms with E-state index in [4.69, 9.17) is 0 Å². The van der Waals surface area contributed by atoms with Crippen molar-refractivity contribution in [1.29, 1.82) is 0 Å². The number of anilines is 2. The normalized spacial score (nSPS) is 18.6. The molecule has 0 bridgehead atoms. The summed E-state index contributed by atoms with van der Waals surface area (Å²) in [4.78, 5) is 25.5. The standard InChI is InChI=1S/C25H25F3N4OS/c1-30(2)20-10-11-31(15-20)22-8-7-19(14-29-22)32-12-9-17-13-21(34-23(17)24(32)33)16-3-5-18(6-4-16)25(26,27)28/h3-8,13-14,20H,9-12,15H2,1-2H3/t20-/m0/s1. The van der Waals surface area contributed by atoms with Crippen LogP contribution in [0.3, 0.4) is 0 Å². The Hall–Kier alpha value is -2.91. The molecule has 1 aromatic carbocycles. The van der Waals surface area contributed by atoms with E-state index in [1.165, 1.54) is 23.5 Å². The van der Waals surface area contributed by atoms with Gasteiger partial charge in [-0.3, -0.25) is 4.79 Å². The van der Waals surface area contributed by atoms with Crippen LogP contribution in [-0.2, 0) is 12.6 Å². The maximum Gasteiger partial charge on any atom is 0.416 e. The molecule has 178 valence electrons. The van der Waals surface area contributed by atoms with E-state index in [9.17, 15) is 18.0 Å². The molecule has 4 heterocycles. The Morgan fingerprint density at radius 3 is 2.47 bits per heavy atom. The summed E-state index contributed by atoms with van der Waals surface area (Å²) in [5.41, 5.74) is 1.70. The molecule has 1 atom stereocenters. The predicted octanol–water partition coefficient (Wildman–Crippen LogP) is 5.17. The summed E-state index contributed by atoms with van der Waals surface area (Å²) in [6.07, 6.45) is -0.818. The first-order chi connectivity index (χ1) is 16.2. The van der Waals surface area contributed by atoms with Crippen molar-refractivity contribution in [2.75, 3.05) is 43.5 Å². The number of benzene rings is 1. The van der Waals surface area contributed by atoms with Crippen LogP contribution < -0.4 is 9.80 Å². The van der Waals surface area contributed by atoms with Crippen LogP contribution >= 0.6 is 11.3 Å². The lowest BCUT2D eigenvalue weighted by Crippen LogP contribution is -2.36. The number of carbonyl (C=O) groups is 1. The van der Waals surface area contributed by atoms with Crippen LogP contribution in [0.5, 0.6) is 0 Å². The molecule has 0 radical (unpaired) electrons. The number of hydrogen-bond acceptors (Lipinski definition) is 5. The fourth-order valence-electron chi connectivity index (χ4n) is 4.56. The van der Waals surface area contributed by atoms with E-state index in [2.05, 4.69) is 28.9 Å². The molecule has 0 N–H and O–H groups in total. The van der Waals surface area contributed by atoms with Gasteiger partial charge in [0.05, 0.1) is 22.3 Å². The highest BCUT2D eigenvalue weighted by Crippen LogP contribution is 2.37. The summed E-state index contributed by atoms with van der Waals surface area (Å²) in [6.45, 7) is 2.44. The smallest absolute Gasteiger partial charge is 0.355 e. The van der Waals surface area contributed by atoms with Gasteiger partial charge in [0.25, 0.3) is 5.91 Å². The highest BCUT2D eigenvalue weighted by molar-refractivity contribution is 7.17. The third-order valence-electron chi connectivity index (χ3n) is 6.61. The van der Waals surface area contributed by atoms with E-state index in [0.29, 0.717) is 29.4 Å². The van der Waals surface area contributed by atoms with Crippen LogP contribution in [-0.4, -0.2) is 55.6 Å². The van der Waals surface area contributed by atoms with Gasteiger partial charge in [0.15, 0.2) is 0 Å². The van der Waals surface area contributed by atoms with Crippen LogP contribution in [0, 0.1) is 0 Å². The Labute approximate surface area is 200 Å². The van der Waals surface area contributed by atoms with Crippen molar-refractivity contribution in [2.45, 2.75) is 25.1 Å². The lowest BCUT2D eigenvalue weighted by molar-refractivity contribution is -0.137. The molecule has 0 unspecified atom stereocenters. The summed E-state index contributed by atoms with van der Waals surface area (Å²) in [7, 11) is 4.18. The first-order valence-electron chi connectivity index (χ1n) is 11.2. The molecule has 0 aliphatic carbocycles. The molecule has 9 heteroatoms. The van der Waals surface area contributed by atoms with E-state index < -0.39 is 11.7 Å². The van der Waals surface area contributed by atoms with Gasteiger partial charge in [0, 0.05) is 30.6 Å². The number of alkyl halides is 3. The number of pyridine rings is 1. The van der Waals surface area contributed by atoms with Crippen molar-refractivity contribution in [1.82, 2.24) is 9.88 Å². The molecule has 34 heavy (non-hydrogen) atoms. The van der Waals surface area contributed by atoms with Gasteiger partial charge in [-0.25, -0.2) is 4.98 Å². The fourth-order valence-corrected chi connectivity index (χ4v) is 5.72. The van der Waals surface area contributed by atoms with Crippen molar-refractivity contribution in [3.8, 4) is 10.4 Å². The topological polar surface area (TPSA) is 39.7 Å². The lowest BCUT2D eigenvalue weighted by atomic mass is 10.0. The number of likely N-dealkylation sites (N-methyl/N-ethyl adjacent to an activating group) is 1. The number of fused-ring (bicyclic) bond motifs is 1. The van der Waals surface area contributed by atoms with E-state index in [1.807, 2.05) is 18.2 Å². The van der Waals surface area contributed by atoms with Crippen molar-refractivity contribution < 1.29 is 18.0 Å². The minimum atomic E-state index is -4.36. The first-order valence-corrected chi connectivity index (χ1v) is 12.0.